The van der Waals surface area contributed by atoms with E-state index in [9.17, 15) is 0 Å². The number of hydrogen-bond donors (Lipinski definition) is 0. The van der Waals surface area contributed by atoms with Gasteiger partial charge < -0.3 is 14.4 Å². The quantitative estimate of drug-likeness (QED) is 0.579. The lowest BCUT2D eigenvalue weighted by Crippen LogP contribution is -2.16. The van der Waals surface area contributed by atoms with Crippen molar-refractivity contribution in [1.82, 2.24) is 4.90 Å². The van der Waals surface area contributed by atoms with Crippen molar-refractivity contribution in [2.75, 3.05) is 20.9 Å². The smallest absolute Gasteiger partial charge is 0.231 e. The van der Waals surface area contributed by atoms with Crippen LogP contribution in [-0.2, 0) is 0 Å². The summed E-state index contributed by atoms with van der Waals surface area (Å²) in [6.07, 6.45) is 3.86. The molecule has 1 aliphatic rings. The summed E-state index contributed by atoms with van der Waals surface area (Å²) in [5.74, 6) is 1.59. The number of benzene rings is 1. The molecular weight excluding hydrogens is 222 g/mol. The summed E-state index contributed by atoms with van der Waals surface area (Å²) >= 11 is 5.16. The van der Waals surface area contributed by atoms with E-state index in [0.29, 0.717) is 6.79 Å². The summed E-state index contributed by atoms with van der Waals surface area (Å²) in [5, 5.41) is 0. The van der Waals surface area contributed by atoms with Crippen LogP contribution in [0.1, 0.15) is 5.56 Å². The third kappa shape index (κ3) is 2.33. The van der Waals surface area contributed by atoms with Crippen LogP contribution in [0.2, 0.25) is 0 Å². The Balaban J connectivity index is 2.14. The average molecular weight is 235 g/mol. The van der Waals surface area contributed by atoms with Gasteiger partial charge in [0.1, 0.15) is 4.99 Å². The summed E-state index contributed by atoms with van der Waals surface area (Å²) in [5.41, 5.74) is 1.05. The maximum absolute atomic E-state index is 5.29. The van der Waals surface area contributed by atoms with Crippen LogP contribution in [0.3, 0.4) is 0 Å². The molecule has 1 heterocycles. The molecule has 0 amide bonds. The van der Waals surface area contributed by atoms with Crippen molar-refractivity contribution in [3.63, 3.8) is 0 Å². The van der Waals surface area contributed by atoms with Crippen LogP contribution in [0.4, 0.5) is 0 Å². The highest BCUT2D eigenvalue weighted by Crippen LogP contribution is 2.32. The Morgan fingerprint density at radius 3 is 2.81 bits per heavy atom. The molecule has 0 spiro atoms. The molecule has 0 N–H and O–H groups in total. The minimum atomic E-state index is 0.304. The number of hydrogen-bond acceptors (Lipinski definition) is 3. The first-order valence-corrected chi connectivity index (χ1v) is 5.36. The molecule has 0 unspecified atom stereocenters. The molecule has 1 aromatic rings. The van der Waals surface area contributed by atoms with Gasteiger partial charge in [0.15, 0.2) is 11.5 Å². The molecule has 0 fully saturated rings. The first-order valence-electron chi connectivity index (χ1n) is 4.96. The van der Waals surface area contributed by atoms with E-state index in [0.717, 1.165) is 22.1 Å². The standard InChI is InChI=1S/C12H13NO2S/c1-13(2)12(16)6-4-9-3-5-10-11(7-9)15-8-14-10/h3-7H,8H2,1-2H3. The van der Waals surface area contributed by atoms with Gasteiger partial charge in [0.25, 0.3) is 0 Å². The lowest BCUT2D eigenvalue weighted by molar-refractivity contribution is 0.174. The minimum absolute atomic E-state index is 0.304. The fraction of sp³-hybridized carbons (Fsp3) is 0.250. The zero-order valence-corrected chi connectivity index (χ0v) is 10.1. The maximum Gasteiger partial charge on any atom is 0.231 e. The van der Waals surface area contributed by atoms with Gasteiger partial charge in [0, 0.05) is 14.1 Å². The lowest BCUT2D eigenvalue weighted by atomic mass is 10.2. The highest BCUT2D eigenvalue weighted by atomic mass is 32.1. The van der Waals surface area contributed by atoms with Crippen LogP contribution in [-0.4, -0.2) is 30.8 Å². The number of fused-ring (bicyclic) bond motifs is 1. The van der Waals surface area contributed by atoms with E-state index in [4.69, 9.17) is 21.7 Å². The Morgan fingerprint density at radius 2 is 2.06 bits per heavy atom. The largest absolute Gasteiger partial charge is 0.454 e. The van der Waals surface area contributed by atoms with Crippen molar-refractivity contribution in [2.24, 2.45) is 0 Å². The first-order chi connectivity index (χ1) is 7.66. The topological polar surface area (TPSA) is 21.7 Å². The zero-order chi connectivity index (χ0) is 11.5. The number of rotatable bonds is 2. The molecule has 0 aromatic heterocycles. The SMILES string of the molecule is CN(C)C(=S)C=Cc1ccc2c(c1)OCO2. The number of nitrogens with zero attached hydrogens (tertiary/aromatic N) is 1. The van der Waals surface area contributed by atoms with Crippen LogP contribution < -0.4 is 9.47 Å². The van der Waals surface area contributed by atoms with Crippen LogP contribution in [0.5, 0.6) is 11.5 Å². The molecule has 0 saturated carbocycles. The van der Waals surface area contributed by atoms with Crippen molar-refractivity contribution in [1.29, 1.82) is 0 Å². The lowest BCUT2D eigenvalue weighted by Gasteiger charge is -2.08. The Morgan fingerprint density at radius 1 is 1.31 bits per heavy atom. The number of likely N-dealkylation sites (N-methyl/N-ethyl adjacent to an activating group) is 1. The second-order valence-electron chi connectivity index (χ2n) is 3.68. The predicted molar refractivity (Wildman–Crippen MR) is 67.9 cm³/mol. The molecule has 0 radical (unpaired) electrons. The van der Waals surface area contributed by atoms with Gasteiger partial charge in [-0.15, -0.1) is 0 Å². The number of thiocarbonyl (C=S) groups is 1. The summed E-state index contributed by atoms with van der Waals surface area (Å²) in [6, 6.07) is 5.82. The molecule has 16 heavy (non-hydrogen) atoms. The summed E-state index contributed by atoms with van der Waals surface area (Å²) in [4.78, 5) is 2.68. The van der Waals surface area contributed by atoms with Crippen molar-refractivity contribution in [3.8, 4) is 11.5 Å². The summed E-state index contributed by atoms with van der Waals surface area (Å²) < 4.78 is 10.5. The average Bonchev–Trinajstić information content (AvgIpc) is 2.72. The molecule has 2 rings (SSSR count). The van der Waals surface area contributed by atoms with E-state index in [1.54, 1.807) is 0 Å². The van der Waals surface area contributed by atoms with Gasteiger partial charge in [-0.1, -0.05) is 24.4 Å². The molecule has 0 bridgehead atoms. The van der Waals surface area contributed by atoms with Crippen LogP contribution in [0.25, 0.3) is 6.08 Å². The molecule has 1 aliphatic heterocycles. The van der Waals surface area contributed by atoms with E-state index in [1.807, 2.05) is 49.3 Å². The van der Waals surface area contributed by atoms with Crippen LogP contribution in [0.15, 0.2) is 24.3 Å². The van der Waals surface area contributed by atoms with Gasteiger partial charge in [-0.3, -0.25) is 0 Å². The van der Waals surface area contributed by atoms with Crippen LogP contribution >= 0.6 is 12.2 Å². The molecule has 3 nitrogen and oxygen atoms in total. The molecule has 0 aliphatic carbocycles. The fourth-order valence-electron chi connectivity index (χ4n) is 1.33. The predicted octanol–water partition coefficient (Wildman–Crippen LogP) is 2.32. The van der Waals surface area contributed by atoms with Crippen LogP contribution in [0, 0.1) is 0 Å². The summed E-state index contributed by atoms with van der Waals surface area (Å²) in [6.45, 7) is 0.304. The molecular formula is C12H13NO2S. The van der Waals surface area contributed by atoms with Gasteiger partial charge in [-0.2, -0.15) is 0 Å². The molecule has 0 saturated heterocycles. The van der Waals surface area contributed by atoms with Gasteiger partial charge in [0.05, 0.1) is 0 Å². The Labute approximate surface area is 100 Å². The Bertz CT molecular complexity index is 441. The third-order valence-electron chi connectivity index (χ3n) is 2.26. The second-order valence-corrected chi connectivity index (χ2v) is 4.10. The Hall–Kier alpha value is -1.55. The van der Waals surface area contributed by atoms with E-state index in [2.05, 4.69) is 0 Å². The van der Waals surface area contributed by atoms with Gasteiger partial charge in [0.2, 0.25) is 6.79 Å². The van der Waals surface area contributed by atoms with E-state index in [1.165, 1.54) is 0 Å². The van der Waals surface area contributed by atoms with E-state index < -0.39 is 0 Å². The maximum atomic E-state index is 5.29. The molecule has 4 heteroatoms. The minimum Gasteiger partial charge on any atom is -0.454 e. The van der Waals surface area contributed by atoms with E-state index in [-0.39, 0.29) is 0 Å². The van der Waals surface area contributed by atoms with Gasteiger partial charge >= 0.3 is 0 Å². The molecule has 0 atom stereocenters. The third-order valence-corrected chi connectivity index (χ3v) is 2.76. The Kier molecular flexibility index (Phi) is 3.10. The van der Waals surface area contributed by atoms with Crippen molar-refractivity contribution >= 4 is 23.3 Å². The highest BCUT2D eigenvalue weighted by molar-refractivity contribution is 7.80. The van der Waals surface area contributed by atoms with E-state index >= 15 is 0 Å². The van der Waals surface area contributed by atoms with Gasteiger partial charge in [-0.05, 0) is 23.8 Å². The highest BCUT2D eigenvalue weighted by Gasteiger charge is 2.12. The number of ether oxygens (including phenoxy) is 2. The molecule has 84 valence electrons. The second kappa shape index (κ2) is 4.53. The van der Waals surface area contributed by atoms with Crippen molar-refractivity contribution in [2.45, 2.75) is 0 Å². The van der Waals surface area contributed by atoms with Crippen molar-refractivity contribution < 1.29 is 9.47 Å². The zero-order valence-electron chi connectivity index (χ0n) is 9.27. The van der Waals surface area contributed by atoms with Crippen molar-refractivity contribution in [3.05, 3.63) is 29.8 Å². The normalized spacial score (nSPS) is 13.1. The molecule has 1 aromatic carbocycles. The monoisotopic (exact) mass is 235 g/mol. The van der Waals surface area contributed by atoms with Gasteiger partial charge in [-0.25, -0.2) is 0 Å². The first kappa shape index (κ1) is 11.0. The summed E-state index contributed by atoms with van der Waals surface area (Å²) in [7, 11) is 3.85. The fourth-order valence-corrected chi connectivity index (χ4v) is 1.40.